The Morgan fingerprint density at radius 1 is 1.15 bits per heavy atom. The number of hydrogen-bond acceptors (Lipinski definition) is 4. The van der Waals surface area contributed by atoms with Gasteiger partial charge in [0.05, 0.1) is 13.1 Å². The molecular weight excluding hydrogens is 340 g/mol. The number of ether oxygens (including phenoxy) is 1. The molecular formula is C20H22N6O. The van der Waals surface area contributed by atoms with Gasteiger partial charge in [0.15, 0.2) is 11.8 Å². The predicted octanol–water partition coefficient (Wildman–Crippen LogP) is 1.94. The van der Waals surface area contributed by atoms with Gasteiger partial charge in [0.25, 0.3) is 0 Å². The quantitative estimate of drug-likeness (QED) is 0.536. The van der Waals surface area contributed by atoms with Crippen LogP contribution in [0.25, 0.3) is 5.69 Å². The van der Waals surface area contributed by atoms with Crippen molar-refractivity contribution in [1.82, 2.24) is 25.4 Å². The van der Waals surface area contributed by atoms with Crippen LogP contribution in [0.3, 0.4) is 0 Å². The van der Waals surface area contributed by atoms with Crippen molar-refractivity contribution in [2.45, 2.75) is 19.1 Å². The van der Waals surface area contributed by atoms with Crippen LogP contribution in [0.5, 0.6) is 5.75 Å². The molecule has 0 radical (unpaired) electrons. The molecule has 7 nitrogen and oxygen atoms in total. The van der Waals surface area contributed by atoms with Crippen LogP contribution in [-0.2, 0) is 13.0 Å². The molecule has 3 aromatic rings. The average molecular weight is 362 g/mol. The number of guanidine groups is 1. The lowest BCUT2D eigenvalue weighted by Crippen LogP contribution is -2.42. The van der Waals surface area contributed by atoms with Crippen LogP contribution in [0.4, 0.5) is 0 Å². The second kappa shape index (κ2) is 7.90. The molecule has 1 aliphatic heterocycles. The predicted molar refractivity (Wildman–Crippen MR) is 104 cm³/mol. The maximum absolute atomic E-state index is 5.96. The molecule has 2 aromatic carbocycles. The van der Waals surface area contributed by atoms with Crippen LogP contribution in [-0.4, -0.2) is 40.4 Å². The van der Waals surface area contributed by atoms with Gasteiger partial charge >= 0.3 is 0 Å². The van der Waals surface area contributed by atoms with E-state index in [2.05, 4.69) is 31.9 Å². The second-order valence-corrected chi connectivity index (χ2v) is 6.31. The first-order chi connectivity index (χ1) is 13.3. The highest BCUT2D eigenvalue weighted by Crippen LogP contribution is 2.27. The molecule has 0 amide bonds. The fraction of sp³-hybridized carbons (Fsp3) is 0.250. The smallest absolute Gasteiger partial charge is 0.191 e. The monoisotopic (exact) mass is 362 g/mol. The van der Waals surface area contributed by atoms with Crippen LogP contribution in [0.15, 0.2) is 65.9 Å². The molecule has 27 heavy (non-hydrogen) atoms. The van der Waals surface area contributed by atoms with Crippen molar-refractivity contribution in [3.63, 3.8) is 0 Å². The van der Waals surface area contributed by atoms with Gasteiger partial charge in [-0.25, -0.2) is 0 Å². The lowest BCUT2D eigenvalue weighted by molar-refractivity contribution is 0.235. The molecule has 0 bridgehead atoms. The van der Waals surface area contributed by atoms with E-state index in [4.69, 9.17) is 4.74 Å². The van der Waals surface area contributed by atoms with Crippen molar-refractivity contribution in [3.05, 3.63) is 72.3 Å². The first-order valence-corrected chi connectivity index (χ1v) is 8.97. The van der Waals surface area contributed by atoms with E-state index in [0.717, 1.165) is 23.7 Å². The minimum atomic E-state index is 0.105. The molecule has 4 rings (SSSR count). The van der Waals surface area contributed by atoms with Crippen molar-refractivity contribution < 1.29 is 4.74 Å². The number of aliphatic imine (C=N–C) groups is 1. The normalized spacial score (nSPS) is 15.9. The molecule has 0 saturated carbocycles. The van der Waals surface area contributed by atoms with Gasteiger partial charge in [-0.15, -0.1) is 10.2 Å². The Morgan fingerprint density at radius 2 is 1.96 bits per heavy atom. The molecule has 2 heterocycles. The van der Waals surface area contributed by atoms with Gasteiger partial charge < -0.3 is 15.4 Å². The van der Waals surface area contributed by atoms with E-state index in [-0.39, 0.29) is 6.10 Å². The van der Waals surface area contributed by atoms with Gasteiger partial charge in [-0.3, -0.25) is 9.56 Å². The summed E-state index contributed by atoms with van der Waals surface area (Å²) in [7, 11) is 1.75. The maximum atomic E-state index is 5.96. The van der Waals surface area contributed by atoms with Crippen LogP contribution >= 0.6 is 0 Å². The summed E-state index contributed by atoms with van der Waals surface area (Å²) in [5, 5.41) is 14.8. The second-order valence-electron chi connectivity index (χ2n) is 6.31. The summed E-state index contributed by atoms with van der Waals surface area (Å²) in [5.74, 6) is 2.49. The molecule has 1 aliphatic rings. The van der Waals surface area contributed by atoms with Crippen molar-refractivity contribution >= 4 is 5.96 Å². The number of benzene rings is 2. The maximum Gasteiger partial charge on any atom is 0.191 e. The summed E-state index contributed by atoms with van der Waals surface area (Å²) in [5.41, 5.74) is 2.28. The van der Waals surface area contributed by atoms with E-state index in [1.54, 1.807) is 13.4 Å². The van der Waals surface area contributed by atoms with E-state index >= 15 is 0 Å². The van der Waals surface area contributed by atoms with Crippen LogP contribution < -0.4 is 15.4 Å². The Morgan fingerprint density at radius 3 is 2.78 bits per heavy atom. The Labute approximate surface area is 158 Å². The van der Waals surface area contributed by atoms with Crippen molar-refractivity contribution in [1.29, 1.82) is 0 Å². The number of nitrogens with one attached hydrogen (secondary N) is 2. The van der Waals surface area contributed by atoms with Crippen LogP contribution in [0, 0.1) is 0 Å². The van der Waals surface area contributed by atoms with E-state index in [0.29, 0.717) is 19.0 Å². The zero-order valence-corrected chi connectivity index (χ0v) is 15.2. The number of fused-ring (bicyclic) bond motifs is 1. The van der Waals surface area contributed by atoms with E-state index in [9.17, 15) is 0 Å². The summed E-state index contributed by atoms with van der Waals surface area (Å²) in [6, 6.07) is 18.2. The Balaban J connectivity index is 1.32. The highest BCUT2D eigenvalue weighted by Gasteiger charge is 2.22. The molecule has 0 spiro atoms. The van der Waals surface area contributed by atoms with Crippen LogP contribution in [0.2, 0.25) is 0 Å². The number of para-hydroxylation sites is 2. The van der Waals surface area contributed by atoms with Gasteiger partial charge in [0.2, 0.25) is 0 Å². The average Bonchev–Trinajstić information content (AvgIpc) is 3.35. The topological polar surface area (TPSA) is 76.4 Å². The van der Waals surface area contributed by atoms with Crippen molar-refractivity contribution in [2.75, 3.05) is 13.6 Å². The lowest BCUT2D eigenvalue weighted by atomic mass is 10.1. The Kier molecular flexibility index (Phi) is 5.00. The number of nitrogens with zero attached hydrogens (tertiary/aromatic N) is 4. The summed E-state index contributed by atoms with van der Waals surface area (Å²) in [6.45, 7) is 1.19. The summed E-state index contributed by atoms with van der Waals surface area (Å²) in [4.78, 5) is 4.28. The molecule has 0 saturated heterocycles. The number of hydrogen-bond donors (Lipinski definition) is 2. The Hall–Kier alpha value is -3.35. The highest BCUT2D eigenvalue weighted by atomic mass is 16.5. The molecule has 2 N–H and O–H groups in total. The number of rotatable bonds is 5. The highest BCUT2D eigenvalue weighted by molar-refractivity contribution is 5.79. The molecule has 1 atom stereocenters. The minimum absolute atomic E-state index is 0.105. The minimum Gasteiger partial charge on any atom is -0.488 e. The third-order valence-corrected chi connectivity index (χ3v) is 4.50. The molecule has 1 unspecified atom stereocenters. The standard InChI is InChI=1S/C20H22N6O/c1-21-20(22-12-17-11-15-7-5-6-10-18(15)27-17)23-13-19-25-24-14-26(19)16-8-3-2-4-9-16/h2-10,14,17H,11-13H2,1H3,(H2,21,22,23). The van der Waals surface area contributed by atoms with E-state index in [1.165, 1.54) is 5.56 Å². The van der Waals surface area contributed by atoms with Crippen LogP contribution in [0.1, 0.15) is 11.4 Å². The van der Waals surface area contributed by atoms with E-state index in [1.807, 2.05) is 53.1 Å². The van der Waals surface area contributed by atoms with Gasteiger partial charge in [-0.1, -0.05) is 36.4 Å². The van der Waals surface area contributed by atoms with Gasteiger partial charge in [0.1, 0.15) is 18.2 Å². The molecule has 7 heteroatoms. The SMILES string of the molecule is CN=C(NCc1nncn1-c1ccccc1)NCC1Cc2ccccc2O1. The third kappa shape index (κ3) is 3.92. The van der Waals surface area contributed by atoms with Gasteiger partial charge in [-0.05, 0) is 23.8 Å². The van der Waals surface area contributed by atoms with Gasteiger partial charge in [0, 0.05) is 19.2 Å². The van der Waals surface area contributed by atoms with Crippen molar-refractivity contribution in [3.8, 4) is 11.4 Å². The zero-order valence-electron chi connectivity index (χ0n) is 15.2. The molecule has 0 fully saturated rings. The van der Waals surface area contributed by atoms with Crippen molar-refractivity contribution in [2.24, 2.45) is 4.99 Å². The largest absolute Gasteiger partial charge is 0.488 e. The first kappa shape index (κ1) is 17.1. The first-order valence-electron chi connectivity index (χ1n) is 8.97. The summed E-state index contributed by atoms with van der Waals surface area (Å²) in [6.07, 6.45) is 2.73. The number of aromatic nitrogens is 3. The Bertz CT molecular complexity index is 896. The summed E-state index contributed by atoms with van der Waals surface area (Å²) < 4.78 is 7.91. The summed E-state index contributed by atoms with van der Waals surface area (Å²) >= 11 is 0. The lowest BCUT2D eigenvalue weighted by Gasteiger charge is -2.15. The third-order valence-electron chi connectivity index (χ3n) is 4.50. The molecule has 138 valence electrons. The molecule has 1 aromatic heterocycles. The van der Waals surface area contributed by atoms with E-state index < -0.39 is 0 Å². The zero-order chi connectivity index (χ0) is 18.5. The fourth-order valence-corrected chi connectivity index (χ4v) is 3.15. The fourth-order valence-electron chi connectivity index (χ4n) is 3.15. The van der Waals surface area contributed by atoms with Gasteiger partial charge in [-0.2, -0.15) is 0 Å². The molecule has 0 aliphatic carbocycles.